The van der Waals surface area contributed by atoms with Crippen molar-refractivity contribution in [1.82, 2.24) is 4.57 Å². The molecule has 1 heterocycles. The molecule has 232 valence electrons. The van der Waals surface area contributed by atoms with Crippen molar-refractivity contribution in [3.63, 3.8) is 0 Å². The molecule has 0 saturated carbocycles. The normalized spacial score (nSPS) is 12.4. The first-order chi connectivity index (χ1) is 22.0. The van der Waals surface area contributed by atoms with Crippen molar-refractivity contribution in [3.8, 4) is 27.9 Å². The summed E-state index contributed by atoms with van der Waals surface area (Å²) in [6.07, 6.45) is 0. The van der Waals surface area contributed by atoms with E-state index in [-0.39, 0.29) is 10.8 Å². The van der Waals surface area contributed by atoms with Gasteiger partial charge in [0.25, 0.3) is 0 Å². The van der Waals surface area contributed by atoms with Crippen LogP contribution in [0.1, 0.15) is 78.0 Å². The Kier molecular flexibility index (Phi) is 8.27. The van der Waals surface area contributed by atoms with E-state index in [4.69, 9.17) is 0 Å². The van der Waals surface area contributed by atoms with Crippen LogP contribution >= 0.6 is 0 Å². The van der Waals surface area contributed by atoms with E-state index in [1.807, 2.05) is 0 Å². The highest BCUT2D eigenvalue weighted by atomic mass is 15.0. The van der Waals surface area contributed by atoms with Gasteiger partial charge in [0, 0.05) is 16.5 Å². The van der Waals surface area contributed by atoms with Gasteiger partial charge in [-0.1, -0.05) is 121 Å². The zero-order valence-corrected chi connectivity index (χ0v) is 31.0. The Hall–Kier alpha value is -3.78. The van der Waals surface area contributed by atoms with Gasteiger partial charge in [-0.15, -0.1) is 16.4 Å². The minimum absolute atomic E-state index is 0.0465. The summed E-state index contributed by atoms with van der Waals surface area (Å²) in [5.74, 6) is 0.316. The number of para-hydroxylation sites is 1. The highest BCUT2D eigenvalue weighted by Gasteiger charge is 2.26. The minimum Gasteiger partial charge on any atom is -0.309 e. The molecule has 0 aliphatic carbocycles. The minimum atomic E-state index is 0.0465. The quantitative estimate of drug-likeness (QED) is 0.271. The number of fused-ring (bicyclic) bond motifs is 3. The molecule has 0 aliphatic rings. The second-order valence-electron chi connectivity index (χ2n) is 16.2. The van der Waals surface area contributed by atoms with Gasteiger partial charge in [0.2, 0.25) is 0 Å². The van der Waals surface area contributed by atoms with Crippen LogP contribution in [-0.4, -0.2) is 43.8 Å². The number of rotatable bonds is 4. The average molecular weight is 609 g/mol. The zero-order chi connectivity index (χ0) is 34.2. The van der Waals surface area contributed by atoms with Crippen molar-refractivity contribution >= 4 is 88.4 Å². The Bertz CT molecular complexity index is 2120. The summed E-state index contributed by atoms with van der Waals surface area (Å²) in [5, 5.41) is 2.73. The summed E-state index contributed by atoms with van der Waals surface area (Å²) < 4.78 is 2.49. The molecule has 47 heavy (non-hydrogen) atoms. The van der Waals surface area contributed by atoms with E-state index in [9.17, 15) is 0 Å². The molecule has 0 fully saturated rings. The van der Waals surface area contributed by atoms with E-state index in [0.29, 0.717) is 5.92 Å². The second-order valence-corrected chi connectivity index (χ2v) is 16.2. The van der Waals surface area contributed by atoms with Crippen LogP contribution in [0.3, 0.4) is 0 Å². The predicted octanol–water partition coefficient (Wildman–Crippen LogP) is 3.13. The van der Waals surface area contributed by atoms with Gasteiger partial charge >= 0.3 is 0 Å². The Morgan fingerprint density at radius 3 is 1.60 bits per heavy atom. The van der Waals surface area contributed by atoms with Crippen molar-refractivity contribution in [2.24, 2.45) is 0 Å². The Balaban J connectivity index is 1.84. The van der Waals surface area contributed by atoms with Gasteiger partial charge in [-0.25, -0.2) is 0 Å². The molecule has 0 atom stereocenters. The summed E-state index contributed by atoms with van der Waals surface area (Å²) in [5.41, 5.74) is 20.4. The molecule has 0 aliphatic heterocycles. The van der Waals surface area contributed by atoms with Crippen LogP contribution in [0.4, 0.5) is 0 Å². The standard InChI is InChI=1S/C41H48B5N/c1-22(2)31-27(23-19-24(40(3,4)5)21-25(20-23)41(6,7)8)17-18-30-34(31)32-28(33-35(42)37(44)39(46)38(45)36(33)43)15-12-16-29(32)47(30)26-13-10-9-11-14-26/h9-22H,42-46H2,1-8H3. The summed E-state index contributed by atoms with van der Waals surface area (Å²) in [6.45, 7) is 18.8. The van der Waals surface area contributed by atoms with Crippen LogP contribution < -0.4 is 27.3 Å². The van der Waals surface area contributed by atoms with E-state index in [1.54, 1.807) is 0 Å². The van der Waals surface area contributed by atoms with Gasteiger partial charge in [-0.05, 0) is 80.0 Å². The van der Waals surface area contributed by atoms with Crippen molar-refractivity contribution in [3.05, 3.63) is 95.6 Å². The molecule has 6 rings (SSSR count). The third kappa shape index (κ3) is 5.52. The maximum absolute atomic E-state index is 2.49. The molecule has 0 saturated heterocycles. The Labute approximate surface area is 287 Å². The van der Waals surface area contributed by atoms with E-state index in [0.717, 1.165) is 0 Å². The molecule has 0 bridgehead atoms. The largest absolute Gasteiger partial charge is 0.309 e. The fourth-order valence-electron chi connectivity index (χ4n) is 7.64. The van der Waals surface area contributed by atoms with Crippen molar-refractivity contribution < 1.29 is 0 Å². The molecular weight excluding hydrogens is 561 g/mol. The third-order valence-electron chi connectivity index (χ3n) is 10.8. The number of hydrogen-bond donors (Lipinski definition) is 0. The number of benzene rings is 5. The summed E-state index contributed by atoms with van der Waals surface area (Å²) >= 11 is 0. The van der Waals surface area contributed by atoms with E-state index >= 15 is 0 Å². The molecule has 1 aromatic heterocycles. The van der Waals surface area contributed by atoms with Gasteiger partial charge < -0.3 is 4.57 Å². The first-order valence-electron chi connectivity index (χ1n) is 17.4. The Morgan fingerprint density at radius 2 is 1.06 bits per heavy atom. The van der Waals surface area contributed by atoms with Gasteiger partial charge in [0.1, 0.15) is 39.2 Å². The lowest BCUT2D eigenvalue weighted by atomic mass is 9.59. The molecule has 1 nitrogen and oxygen atoms in total. The summed E-state index contributed by atoms with van der Waals surface area (Å²) in [6, 6.07) is 30.0. The summed E-state index contributed by atoms with van der Waals surface area (Å²) in [4.78, 5) is 0. The summed E-state index contributed by atoms with van der Waals surface area (Å²) in [7, 11) is 11.5. The third-order valence-corrected chi connectivity index (χ3v) is 10.8. The molecule has 6 aromatic rings. The maximum Gasteiger partial charge on any atom is 0.139 e. The average Bonchev–Trinajstić information content (AvgIpc) is 3.36. The van der Waals surface area contributed by atoms with Gasteiger partial charge in [-0.2, -0.15) is 0 Å². The lowest BCUT2D eigenvalue weighted by Crippen LogP contribution is -2.55. The van der Waals surface area contributed by atoms with Crippen LogP contribution in [0.2, 0.25) is 0 Å². The highest BCUT2D eigenvalue weighted by Crippen LogP contribution is 2.45. The molecule has 0 N–H and O–H groups in total. The lowest BCUT2D eigenvalue weighted by Gasteiger charge is -2.27. The van der Waals surface area contributed by atoms with Gasteiger partial charge in [0.05, 0.1) is 11.0 Å². The first kappa shape index (κ1) is 33.1. The highest BCUT2D eigenvalue weighted by molar-refractivity contribution is 6.69. The molecule has 0 radical (unpaired) electrons. The fourth-order valence-corrected chi connectivity index (χ4v) is 7.64. The van der Waals surface area contributed by atoms with Crippen LogP contribution in [0.25, 0.3) is 49.7 Å². The molecule has 5 aromatic carbocycles. The van der Waals surface area contributed by atoms with Crippen LogP contribution in [-0.2, 0) is 10.8 Å². The molecule has 6 heteroatoms. The number of aromatic nitrogens is 1. The topological polar surface area (TPSA) is 4.93 Å². The van der Waals surface area contributed by atoms with Crippen LogP contribution in [0.15, 0.2) is 78.9 Å². The van der Waals surface area contributed by atoms with Crippen LogP contribution in [0, 0.1) is 0 Å². The monoisotopic (exact) mass is 609 g/mol. The first-order valence-corrected chi connectivity index (χ1v) is 17.4. The molecule has 0 spiro atoms. The lowest BCUT2D eigenvalue weighted by molar-refractivity contribution is 0.569. The van der Waals surface area contributed by atoms with Crippen molar-refractivity contribution in [2.75, 3.05) is 0 Å². The number of nitrogens with zero attached hydrogens (tertiary/aromatic N) is 1. The fraction of sp³-hybridized carbons (Fsp3) is 0.268. The SMILES string of the molecule is Bc1c(B)c(B)c(-c2cccc3c2c2c(C(C)C)c(-c4cc(C(C)(C)C)cc(C(C)(C)C)c4)ccc2n3-c2ccccc2)c(B)c1B. The molecular formula is C41H48B5N. The number of hydrogen-bond acceptors (Lipinski definition) is 0. The van der Waals surface area contributed by atoms with Gasteiger partial charge in [0.15, 0.2) is 0 Å². The second kappa shape index (κ2) is 11.7. The maximum atomic E-state index is 2.49. The smallest absolute Gasteiger partial charge is 0.139 e. The van der Waals surface area contributed by atoms with E-state index < -0.39 is 0 Å². The Morgan fingerprint density at radius 1 is 0.532 bits per heavy atom. The zero-order valence-electron chi connectivity index (χ0n) is 31.0. The van der Waals surface area contributed by atoms with Crippen LogP contribution in [0.5, 0.6) is 0 Å². The van der Waals surface area contributed by atoms with Crippen molar-refractivity contribution in [1.29, 1.82) is 0 Å². The molecule has 0 amide bonds. The molecule has 0 unspecified atom stereocenters. The van der Waals surface area contributed by atoms with E-state index in [1.165, 1.54) is 93.8 Å². The predicted molar refractivity (Wildman–Crippen MR) is 224 cm³/mol. The van der Waals surface area contributed by atoms with Crippen molar-refractivity contribution in [2.45, 2.75) is 72.1 Å². The van der Waals surface area contributed by atoms with Gasteiger partial charge in [-0.3, -0.25) is 0 Å². The van der Waals surface area contributed by atoms with E-state index in [2.05, 4.69) is 178 Å².